The van der Waals surface area contributed by atoms with Crippen LogP contribution in [-0.4, -0.2) is 374 Å². The van der Waals surface area contributed by atoms with Crippen molar-refractivity contribution in [1.82, 2.24) is 0 Å². The second-order valence-corrected chi connectivity index (χ2v) is 25.0. The second-order valence-electron chi connectivity index (χ2n) is 24.0. The van der Waals surface area contributed by atoms with Gasteiger partial charge in [-0.25, -0.2) is 0 Å². The number of rotatable bonds is 10. The van der Waals surface area contributed by atoms with E-state index in [9.17, 15) is 112 Å². The first-order valence-electron chi connectivity index (χ1n) is 31.2. The predicted molar refractivity (Wildman–Crippen MR) is 318 cm³/mol. The summed E-state index contributed by atoms with van der Waals surface area (Å²) in [6, 6.07) is 7.34. The van der Waals surface area contributed by atoms with Crippen LogP contribution in [0.2, 0.25) is 0 Å². The van der Waals surface area contributed by atoms with Gasteiger partial charge in [-0.3, -0.25) is 4.79 Å². The molecule has 21 N–H and O–H groups in total. The van der Waals surface area contributed by atoms with Crippen molar-refractivity contribution < 1.29 is 195 Å². The van der Waals surface area contributed by atoms with Gasteiger partial charge in [0.25, 0.3) is 0 Å². The van der Waals surface area contributed by atoms with E-state index in [4.69, 9.17) is 66.3 Å². The Hall–Kier alpha value is -1.77. The standard InChI is InChI=1S/C42H70O35.C14H10BrO.C5H5.Fe/c43-1-8-29-15(50)22(57)36(64-8)72-30-9(2-44)66-38(24(59)17(30)52)74-32-11(4-46)68-40(26(61)19(32)54)76-34-13(6-48)70-42(28(63)21(34)56)77-35-14(7-49)69-41(27(62)20(35)55)75-33-12(5-47)67-39(25(60)18(33)53)73-31-10(3-45)65-37(71-29)23(58)16(31)51;15-13-8-6-12(7-9-13)14(16)10-5-11-3-1-2-4-11;1-2-4-5-3-1;/h8-63H,1-7H2;1-10H;1-5H;/q;;;+2/b;10-5+;;/t8-,9-,10-,11-,12-,13-,14-,15-,16-,17-,18-,19-,20-,21-,22-,23-,24-,25-,26-,27-,28-,29-,30-,31-,32-,33-,34-,35-,36-,37-,38-,39-,40-,41-,42-;;;/m1.../s1. The Bertz CT molecular complexity index is 2210. The van der Waals surface area contributed by atoms with E-state index >= 15 is 0 Å². The molecule has 0 unspecified atom stereocenters. The number of ether oxygens (including phenoxy) is 14. The molecule has 99 heavy (non-hydrogen) atoms. The summed E-state index contributed by atoms with van der Waals surface area (Å²) in [6.45, 7) is -7.33. The molecule has 0 amide bonds. The van der Waals surface area contributed by atoms with Crippen LogP contribution in [0.3, 0.4) is 0 Å². The molecule has 35 atom stereocenters. The van der Waals surface area contributed by atoms with Gasteiger partial charge in [0.15, 0.2) is 49.8 Å². The van der Waals surface area contributed by atoms with Crippen molar-refractivity contribution in [2.45, 2.75) is 215 Å². The van der Waals surface area contributed by atoms with E-state index in [-0.39, 0.29) is 22.9 Å². The number of aliphatic hydroxyl groups is 21. The summed E-state index contributed by atoms with van der Waals surface area (Å²) in [5.74, 6) is 1.07. The number of carbonyl (C=O) groups excluding carboxylic acids is 1. The first kappa shape index (κ1) is 82.9. The summed E-state index contributed by atoms with van der Waals surface area (Å²) in [5, 5.41) is 230. The average Bonchev–Trinajstić information content (AvgIpc) is 1.10. The summed E-state index contributed by atoms with van der Waals surface area (Å²) in [7, 11) is 0. The van der Waals surface area contributed by atoms with Crippen molar-refractivity contribution in [3.05, 3.63) is 110 Å². The average molecular weight is 1530 g/mol. The first-order valence-corrected chi connectivity index (χ1v) is 32.0. The number of aliphatic hydroxyl groups excluding tert-OH is 21. The van der Waals surface area contributed by atoms with Crippen LogP contribution in [0.5, 0.6) is 0 Å². The third kappa shape index (κ3) is 19.2. The zero-order valence-corrected chi connectivity index (χ0v) is 54.8. The van der Waals surface area contributed by atoms with E-state index in [1.807, 2.05) is 88.1 Å². The van der Waals surface area contributed by atoms with Crippen molar-refractivity contribution in [3.63, 3.8) is 0 Å². The molecule has 21 heterocycles. The van der Waals surface area contributed by atoms with Crippen LogP contribution in [0, 0.1) is 63.7 Å². The van der Waals surface area contributed by atoms with Gasteiger partial charge in [0.1, 0.15) is 171 Å². The smallest absolute Gasteiger partial charge is 0.394 e. The Morgan fingerprint density at radius 2 is 0.495 bits per heavy atom. The van der Waals surface area contributed by atoms with Gasteiger partial charge in [-0.05, 0) is 88.1 Å². The maximum absolute atomic E-state index is 11.7. The van der Waals surface area contributed by atoms with Crippen LogP contribution >= 0.6 is 15.9 Å². The normalized spacial score (nSPS) is 47.0. The van der Waals surface area contributed by atoms with E-state index in [1.165, 1.54) is 0 Å². The molecule has 2 aliphatic carbocycles. The molecule has 23 fully saturated rings. The molecular weight excluding hydrogens is 1440 g/mol. The zero-order chi connectivity index (χ0) is 71.0. The van der Waals surface area contributed by atoms with Crippen LogP contribution in [0.1, 0.15) is 10.4 Å². The zero-order valence-electron chi connectivity index (χ0n) is 52.1. The van der Waals surface area contributed by atoms with Gasteiger partial charge in [0.05, 0.1) is 46.2 Å². The summed E-state index contributed by atoms with van der Waals surface area (Å²) in [4.78, 5) is 11.7. The number of hydrogen-bond donors (Lipinski definition) is 21. The number of carbonyl (C=O) groups is 1. The fraction of sp³-hybridized carbons (Fsp3) is 0.689. The van der Waals surface area contributed by atoms with Gasteiger partial charge in [0.2, 0.25) is 0 Å². The molecule has 10 radical (unpaired) electrons. The quantitative estimate of drug-likeness (QED) is 0.0588. The Balaban J connectivity index is 0.000000480. The maximum atomic E-state index is 11.7. The molecule has 0 aromatic heterocycles. The fourth-order valence-electron chi connectivity index (χ4n) is 12.1. The monoisotopic (exact) mass is 1530 g/mol. The van der Waals surface area contributed by atoms with Gasteiger partial charge in [0, 0.05) is 16.0 Å². The molecule has 0 spiro atoms. The van der Waals surface area contributed by atoms with Gasteiger partial charge < -0.3 is 174 Å². The molecule has 38 heteroatoms. The van der Waals surface area contributed by atoms with Crippen LogP contribution in [-0.2, 0) is 83.4 Å². The van der Waals surface area contributed by atoms with E-state index in [2.05, 4.69) is 15.9 Å². The van der Waals surface area contributed by atoms with Crippen molar-refractivity contribution in [3.8, 4) is 0 Å². The third-order valence-corrected chi connectivity index (χ3v) is 18.1. The van der Waals surface area contributed by atoms with Crippen LogP contribution in [0.25, 0.3) is 0 Å². The molecule has 21 saturated heterocycles. The fourth-order valence-corrected chi connectivity index (χ4v) is 12.4. The molecule has 558 valence electrons. The van der Waals surface area contributed by atoms with Crippen molar-refractivity contribution >= 4 is 21.7 Å². The number of halogens is 1. The van der Waals surface area contributed by atoms with Crippen LogP contribution < -0.4 is 0 Å². The number of hydrogen-bond acceptors (Lipinski definition) is 36. The van der Waals surface area contributed by atoms with Crippen molar-refractivity contribution in [2.75, 3.05) is 46.2 Å². The van der Waals surface area contributed by atoms with E-state index in [0.717, 1.165) is 10.4 Å². The molecule has 21 aliphatic heterocycles. The maximum Gasteiger partial charge on any atom is 2.00 e. The van der Waals surface area contributed by atoms with Gasteiger partial charge in [-0.15, -0.1) is 0 Å². The second kappa shape index (κ2) is 38.2. The third-order valence-electron chi connectivity index (χ3n) is 17.6. The molecular formula is C61H85BrFeO36+2. The Morgan fingerprint density at radius 3 is 0.677 bits per heavy atom. The van der Waals surface area contributed by atoms with Crippen molar-refractivity contribution in [2.24, 2.45) is 0 Å². The number of allylic oxidation sites excluding steroid dienone is 2. The first-order chi connectivity index (χ1) is 46.9. The molecule has 36 nitrogen and oxygen atoms in total. The van der Waals surface area contributed by atoms with Crippen LogP contribution in [0.4, 0.5) is 0 Å². The van der Waals surface area contributed by atoms with Gasteiger partial charge >= 0.3 is 17.1 Å². The minimum absolute atomic E-state index is 0. The Morgan fingerprint density at radius 1 is 0.303 bits per heavy atom. The molecule has 1 aromatic carbocycles. The molecule has 14 bridgehead atoms. The summed E-state index contributed by atoms with van der Waals surface area (Å²) >= 11 is 3.34. The van der Waals surface area contributed by atoms with Gasteiger partial charge in [-0.2, -0.15) is 0 Å². The summed E-state index contributed by atoms with van der Waals surface area (Å²) < 4.78 is 80.4. The topological polar surface area (TPSA) is 571 Å². The number of benzene rings is 1. The van der Waals surface area contributed by atoms with E-state index < -0.39 is 261 Å². The summed E-state index contributed by atoms with van der Waals surface area (Å²) in [6.07, 6.45) is -49.0. The molecule has 2 saturated carbocycles. The molecule has 24 rings (SSSR count). The van der Waals surface area contributed by atoms with Gasteiger partial charge in [-0.1, -0.05) is 22.0 Å². The van der Waals surface area contributed by atoms with Crippen LogP contribution in [0.15, 0.2) is 40.9 Å². The Labute approximate surface area is 586 Å². The van der Waals surface area contributed by atoms with E-state index in [0.29, 0.717) is 5.56 Å². The minimum atomic E-state index is -2.21. The SMILES string of the molecule is O=C(/C=C/[C]1[CH][CH][CH][CH]1)c1ccc(Br)cc1.OC[C@H]1O[C@@H]2O[C@H]3[C@H](O)[C@@H](O)[C@@H](O[C@H]4[C@H](O)[C@@H](O)[C@@H](O[C@H]5[C@H](O)[C@@H](O)[C@@H](O[C@H]6[C@H](O)[C@@H](O)[C@@H](O[C@H]7[C@H](O)[C@@H](O)[C@@H](O[C@H]8[C@H](O)[C@@H](O)[C@@H](O[C@H]1[C@H](O)[C@H]2O)O[C@@H]8CO)O[C@@H]7CO)O[C@@H]6CO)O[C@@H]5CO)O[C@@H]4CO)O[C@@H]3CO.[CH]1[CH][CH][CH][CH]1.[Fe+2]. The summed E-state index contributed by atoms with van der Waals surface area (Å²) in [5.41, 5.74) is 0.700. The molecule has 1 aromatic rings. The largest absolute Gasteiger partial charge is 2.00 e. The Kier molecular flexibility index (Phi) is 31.9. The number of ketones is 1. The minimum Gasteiger partial charge on any atom is -0.394 e. The molecule has 23 aliphatic rings. The van der Waals surface area contributed by atoms with E-state index in [1.54, 1.807) is 6.08 Å². The predicted octanol–water partition coefficient (Wildman–Crippen LogP) is -10.6. The van der Waals surface area contributed by atoms with Crippen molar-refractivity contribution in [1.29, 1.82) is 0 Å².